The maximum Gasteiger partial charge on any atom is 0.263 e. The Morgan fingerprint density at radius 2 is 1.88 bits per heavy atom. The highest BCUT2D eigenvalue weighted by molar-refractivity contribution is 7.89. The third kappa shape index (κ3) is 4.36. The molecule has 1 aliphatic rings. The maximum atomic E-state index is 13.4. The zero-order valence-electron chi connectivity index (χ0n) is 17.8. The Morgan fingerprint density at radius 3 is 2.62 bits per heavy atom. The fourth-order valence-electron chi connectivity index (χ4n) is 3.76. The molecule has 0 bridgehead atoms. The minimum Gasteiger partial charge on any atom is -0.497 e. The molecule has 0 unspecified atom stereocenters. The number of hydrogen-bond acceptors (Lipinski definition) is 6. The molecule has 4 rings (SSSR count). The normalized spacial score (nSPS) is 13.9. The third-order valence-corrected chi connectivity index (χ3v) is 8.41. The number of fused-ring (bicyclic) bond motifs is 1. The maximum absolute atomic E-state index is 13.4. The average Bonchev–Trinajstić information content (AvgIpc) is 3.33. The fourth-order valence-corrected chi connectivity index (χ4v) is 6.49. The van der Waals surface area contributed by atoms with Crippen molar-refractivity contribution in [1.29, 1.82) is 0 Å². The first-order valence-corrected chi connectivity index (χ1v) is 12.4. The van der Waals surface area contributed by atoms with E-state index in [-0.39, 0.29) is 16.3 Å². The molecule has 0 fully saturated rings. The number of carbonyl (C=O) groups is 1. The number of amides is 1. The van der Waals surface area contributed by atoms with E-state index < -0.39 is 15.9 Å². The number of sulfonamides is 1. The fraction of sp³-hybridized carbons (Fsp3) is 0.261. The van der Waals surface area contributed by atoms with Crippen molar-refractivity contribution in [1.82, 2.24) is 9.62 Å². The number of ether oxygens (including phenoxy) is 2. The van der Waals surface area contributed by atoms with Crippen LogP contribution in [0.1, 0.15) is 26.4 Å². The summed E-state index contributed by atoms with van der Waals surface area (Å²) in [4.78, 5) is 13.1. The lowest BCUT2D eigenvalue weighted by Crippen LogP contribution is -2.36. The van der Waals surface area contributed by atoms with Crippen molar-refractivity contribution in [2.24, 2.45) is 0 Å². The van der Waals surface area contributed by atoms with E-state index in [4.69, 9.17) is 9.47 Å². The highest BCUT2D eigenvalue weighted by Crippen LogP contribution is 2.30. The molecule has 1 aliphatic heterocycles. The van der Waals surface area contributed by atoms with Gasteiger partial charge in [-0.25, -0.2) is 8.42 Å². The average molecular weight is 473 g/mol. The van der Waals surface area contributed by atoms with Crippen molar-refractivity contribution in [2.75, 3.05) is 20.8 Å². The van der Waals surface area contributed by atoms with E-state index >= 15 is 0 Å². The van der Waals surface area contributed by atoms with Gasteiger partial charge in [0.15, 0.2) is 0 Å². The zero-order chi connectivity index (χ0) is 22.7. The van der Waals surface area contributed by atoms with Crippen molar-refractivity contribution in [3.63, 3.8) is 0 Å². The lowest BCUT2D eigenvalue weighted by atomic mass is 10.0. The lowest BCUT2D eigenvalue weighted by molar-refractivity contribution is 0.0951. The van der Waals surface area contributed by atoms with Crippen LogP contribution in [-0.4, -0.2) is 39.4 Å². The van der Waals surface area contributed by atoms with Crippen LogP contribution in [0.3, 0.4) is 0 Å². The van der Waals surface area contributed by atoms with E-state index in [2.05, 4.69) is 5.32 Å². The van der Waals surface area contributed by atoms with Gasteiger partial charge in [0.25, 0.3) is 5.91 Å². The minimum absolute atomic E-state index is 0.0389. The molecule has 2 aromatic carbocycles. The monoisotopic (exact) mass is 472 g/mol. The summed E-state index contributed by atoms with van der Waals surface area (Å²) in [5.74, 6) is 0.804. The summed E-state index contributed by atoms with van der Waals surface area (Å²) in [6, 6.07) is 14.6. The first-order valence-electron chi connectivity index (χ1n) is 10.1. The van der Waals surface area contributed by atoms with Crippen molar-refractivity contribution < 1.29 is 22.7 Å². The Bertz CT molecular complexity index is 1240. The van der Waals surface area contributed by atoms with E-state index in [1.165, 1.54) is 10.4 Å². The molecule has 0 spiro atoms. The van der Waals surface area contributed by atoms with Crippen LogP contribution in [0.2, 0.25) is 0 Å². The van der Waals surface area contributed by atoms with Gasteiger partial charge in [-0.05, 0) is 47.2 Å². The first-order chi connectivity index (χ1) is 15.4. The highest BCUT2D eigenvalue weighted by atomic mass is 32.2. The van der Waals surface area contributed by atoms with Gasteiger partial charge in [-0.2, -0.15) is 4.31 Å². The lowest BCUT2D eigenvalue weighted by Gasteiger charge is -2.28. The first kappa shape index (κ1) is 22.3. The molecule has 2 heterocycles. The van der Waals surface area contributed by atoms with Gasteiger partial charge in [-0.1, -0.05) is 24.3 Å². The van der Waals surface area contributed by atoms with Gasteiger partial charge in [-0.3, -0.25) is 4.79 Å². The van der Waals surface area contributed by atoms with Crippen LogP contribution >= 0.6 is 11.3 Å². The van der Waals surface area contributed by atoms with Gasteiger partial charge in [0, 0.05) is 25.2 Å². The molecule has 0 saturated heterocycles. The zero-order valence-corrected chi connectivity index (χ0v) is 19.5. The Labute approximate surface area is 191 Å². The second-order valence-electron chi connectivity index (χ2n) is 7.33. The second kappa shape index (κ2) is 9.32. The van der Waals surface area contributed by atoms with Crippen molar-refractivity contribution >= 4 is 27.3 Å². The SMILES string of the molecule is COc1ccc(OC)c(CNC(=O)c2sccc2S(=O)(=O)N2CCc3ccccc3C2)c1. The van der Waals surface area contributed by atoms with Gasteiger partial charge < -0.3 is 14.8 Å². The van der Waals surface area contributed by atoms with Gasteiger partial charge in [0.1, 0.15) is 21.3 Å². The summed E-state index contributed by atoms with van der Waals surface area (Å²) < 4.78 is 38.7. The summed E-state index contributed by atoms with van der Waals surface area (Å²) in [6.45, 7) is 0.862. The molecular formula is C23H24N2O5S2. The summed E-state index contributed by atoms with van der Waals surface area (Å²) in [5, 5.41) is 4.44. The number of thiophene rings is 1. The number of benzene rings is 2. The van der Waals surface area contributed by atoms with Gasteiger partial charge in [-0.15, -0.1) is 11.3 Å². The Morgan fingerprint density at radius 1 is 1.09 bits per heavy atom. The summed E-state index contributed by atoms with van der Waals surface area (Å²) in [6.07, 6.45) is 0.650. The minimum atomic E-state index is -3.81. The molecule has 0 saturated carbocycles. The third-order valence-electron chi connectivity index (χ3n) is 5.48. The van der Waals surface area contributed by atoms with Crippen LogP contribution in [-0.2, 0) is 29.5 Å². The van der Waals surface area contributed by atoms with Crippen LogP contribution in [0.25, 0.3) is 0 Å². The predicted molar refractivity (Wildman–Crippen MR) is 123 cm³/mol. The van der Waals surface area contributed by atoms with E-state index in [9.17, 15) is 13.2 Å². The van der Waals surface area contributed by atoms with Gasteiger partial charge in [0.05, 0.1) is 14.2 Å². The van der Waals surface area contributed by atoms with Crippen molar-refractivity contribution in [3.05, 3.63) is 75.5 Å². The number of nitrogens with one attached hydrogen (secondary N) is 1. The standard InChI is InChI=1S/C23H24N2O5S2/c1-29-19-7-8-20(30-2)18(13-19)14-24-23(26)22-21(10-12-31-22)32(27,28)25-11-9-16-5-3-4-6-17(16)15-25/h3-8,10,12-13H,9,11,14-15H2,1-2H3,(H,24,26). The number of carbonyl (C=O) groups excluding carboxylic acids is 1. The predicted octanol–water partition coefficient (Wildman–Crippen LogP) is 3.44. The molecule has 9 heteroatoms. The molecule has 32 heavy (non-hydrogen) atoms. The van der Waals surface area contributed by atoms with Gasteiger partial charge >= 0.3 is 0 Å². The highest BCUT2D eigenvalue weighted by Gasteiger charge is 2.32. The quantitative estimate of drug-likeness (QED) is 0.569. The molecule has 0 radical (unpaired) electrons. The molecule has 168 valence electrons. The Kier molecular flexibility index (Phi) is 6.50. The number of hydrogen-bond donors (Lipinski definition) is 1. The molecule has 3 aromatic rings. The topological polar surface area (TPSA) is 84.9 Å². The molecule has 1 aromatic heterocycles. The van der Waals surface area contributed by atoms with Crippen LogP contribution in [0.5, 0.6) is 11.5 Å². The number of rotatable bonds is 7. The second-order valence-corrected chi connectivity index (χ2v) is 10.2. The van der Waals surface area contributed by atoms with E-state index in [0.29, 0.717) is 31.0 Å². The summed E-state index contributed by atoms with van der Waals surface area (Å²) in [5.41, 5.74) is 2.89. The van der Waals surface area contributed by atoms with Crippen LogP contribution in [0.4, 0.5) is 0 Å². The van der Waals surface area contributed by atoms with Crippen molar-refractivity contribution in [2.45, 2.75) is 24.4 Å². The largest absolute Gasteiger partial charge is 0.497 e. The molecular weight excluding hydrogens is 448 g/mol. The summed E-state index contributed by atoms with van der Waals surface area (Å²) in [7, 11) is -0.694. The molecule has 0 atom stereocenters. The van der Waals surface area contributed by atoms with E-state index in [1.807, 2.05) is 24.3 Å². The van der Waals surface area contributed by atoms with Crippen molar-refractivity contribution in [3.8, 4) is 11.5 Å². The molecule has 0 aliphatic carbocycles. The molecule has 7 nitrogen and oxygen atoms in total. The van der Waals surface area contributed by atoms with E-state index in [1.54, 1.807) is 37.8 Å². The van der Waals surface area contributed by atoms with Crippen LogP contribution < -0.4 is 14.8 Å². The van der Waals surface area contributed by atoms with Crippen LogP contribution in [0.15, 0.2) is 58.8 Å². The Balaban J connectivity index is 1.53. The number of methoxy groups -OCH3 is 2. The smallest absolute Gasteiger partial charge is 0.263 e. The molecule has 1 amide bonds. The Hall–Kier alpha value is -2.88. The molecule has 1 N–H and O–H groups in total. The van der Waals surface area contributed by atoms with Crippen LogP contribution in [0, 0.1) is 0 Å². The van der Waals surface area contributed by atoms with Gasteiger partial charge in [0.2, 0.25) is 10.0 Å². The number of nitrogens with zero attached hydrogens (tertiary/aromatic N) is 1. The summed E-state index contributed by atoms with van der Waals surface area (Å²) >= 11 is 1.11. The van der Waals surface area contributed by atoms with E-state index in [0.717, 1.165) is 28.0 Å².